The van der Waals surface area contributed by atoms with Crippen LogP contribution >= 0.6 is 0 Å². The molecular weight excluding hydrogens is 335 g/mol. The number of anilines is 1. The molecule has 1 heterocycles. The van der Waals surface area contributed by atoms with Gasteiger partial charge in [0.05, 0.1) is 23.0 Å². The normalized spacial score (nSPS) is 11.6. The van der Waals surface area contributed by atoms with Crippen molar-refractivity contribution >= 4 is 27.8 Å². The molecule has 0 fully saturated rings. The standard InChI is InChI=1S/C15H15FN4O3S/c1-4-17-11(3)15(21)19-12-8-18-20(9-12)24(22,23)13-6-5-10(2)14(16)7-13/h4-9H,3H2,1-2H3,(H,19,21). The molecule has 9 heteroatoms. The lowest BCUT2D eigenvalue weighted by atomic mass is 10.2. The van der Waals surface area contributed by atoms with E-state index < -0.39 is 21.7 Å². The van der Waals surface area contributed by atoms with Crippen molar-refractivity contribution in [1.29, 1.82) is 0 Å². The number of benzene rings is 1. The molecule has 1 amide bonds. The van der Waals surface area contributed by atoms with Crippen LogP contribution in [0.4, 0.5) is 10.1 Å². The molecule has 24 heavy (non-hydrogen) atoms. The van der Waals surface area contributed by atoms with Crippen molar-refractivity contribution in [3.63, 3.8) is 0 Å². The molecule has 0 saturated heterocycles. The number of nitrogens with one attached hydrogen (secondary N) is 1. The minimum Gasteiger partial charge on any atom is -0.318 e. The number of aromatic nitrogens is 2. The van der Waals surface area contributed by atoms with Crippen LogP contribution in [0.3, 0.4) is 0 Å². The molecule has 1 aromatic heterocycles. The van der Waals surface area contributed by atoms with Gasteiger partial charge in [0.15, 0.2) is 0 Å². The predicted octanol–water partition coefficient (Wildman–Crippen LogP) is 2.11. The van der Waals surface area contributed by atoms with Crippen molar-refractivity contribution in [3.8, 4) is 0 Å². The summed E-state index contributed by atoms with van der Waals surface area (Å²) in [5.41, 5.74) is 0.440. The number of carbonyl (C=O) groups excluding carboxylic acids is 1. The zero-order valence-electron chi connectivity index (χ0n) is 13.0. The van der Waals surface area contributed by atoms with Crippen molar-refractivity contribution in [2.45, 2.75) is 18.7 Å². The lowest BCUT2D eigenvalue weighted by Gasteiger charge is -2.05. The van der Waals surface area contributed by atoms with Crippen LogP contribution < -0.4 is 5.32 Å². The number of nitrogens with zero attached hydrogens (tertiary/aromatic N) is 3. The molecule has 2 aromatic rings. The van der Waals surface area contributed by atoms with Gasteiger partial charge in [-0.15, -0.1) is 0 Å². The van der Waals surface area contributed by atoms with Crippen LogP contribution in [-0.4, -0.2) is 29.7 Å². The van der Waals surface area contributed by atoms with Gasteiger partial charge >= 0.3 is 0 Å². The van der Waals surface area contributed by atoms with Gasteiger partial charge in [0.25, 0.3) is 15.9 Å². The van der Waals surface area contributed by atoms with E-state index in [-0.39, 0.29) is 16.3 Å². The Hall–Kier alpha value is -2.81. The summed E-state index contributed by atoms with van der Waals surface area (Å²) in [4.78, 5) is 15.2. The third-order valence-corrected chi connectivity index (χ3v) is 4.59. The van der Waals surface area contributed by atoms with Gasteiger partial charge in [0.1, 0.15) is 11.5 Å². The molecule has 0 aliphatic heterocycles. The van der Waals surface area contributed by atoms with Crippen molar-refractivity contribution in [2.24, 2.45) is 4.99 Å². The lowest BCUT2D eigenvalue weighted by molar-refractivity contribution is -0.112. The average Bonchev–Trinajstić information content (AvgIpc) is 2.99. The van der Waals surface area contributed by atoms with E-state index in [1.165, 1.54) is 25.3 Å². The van der Waals surface area contributed by atoms with Gasteiger partial charge in [-0.1, -0.05) is 12.6 Å². The first-order valence-corrected chi connectivity index (χ1v) is 8.25. The third kappa shape index (κ3) is 3.57. The zero-order chi connectivity index (χ0) is 17.9. The molecule has 0 unspecified atom stereocenters. The second-order valence-corrected chi connectivity index (χ2v) is 6.60. The highest BCUT2D eigenvalue weighted by atomic mass is 32.2. The summed E-state index contributed by atoms with van der Waals surface area (Å²) >= 11 is 0. The van der Waals surface area contributed by atoms with Gasteiger partial charge in [0.2, 0.25) is 0 Å². The minimum absolute atomic E-state index is 0.0336. The molecule has 0 radical (unpaired) electrons. The highest BCUT2D eigenvalue weighted by Crippen LogP contribution is 2.18. The van der Waals surface area contributed by atoms with Gasteiger partial charge < -0.3 is 5.32 Å². The van der Waals surface area contributed by atoms with E-state index in [1.54, 1.807) is 6.92 Å². The topological polar surface area (TPSA) is 93.4 Å². The summed E-state index contributed by atoms with van der Waals surface area (Å²) < 4.78 is 39.1. The predicted molar refractivity (Wildman–Crippen MR) is 87.9 cm³/mol. The fraction of sp³-hybridized carbons (Fsp3) is 0.133. The smallest absolute Gasteiger partial charge is 0.283 e. The summed E-state index contributed by atoms with van der Waals surface area (Å²) in [6, 6.07) is 3.56. The van der Waals surface area contributed by atoms with E-state index in [9.17, 15) is 17.6 Å². The second-order valence-electron chi connectivity index (χ2n) is 4.81. The first-order chi connectivity index (χ1) is 11.3. The number of hydrogen-bond donors (Lipinski definition) is 1. The number of carbonyl (C=O) groups is 1. The quantitative estimate of drug-likeness (QED) is 0.660. The van der Waals surface area contributed by atoms with Crippen LogP contribution in [0.5, 0.6) is 0 Å². The molecule has 1 N–H and O–H groups in total. The fourth-order valence-corrected chi connectivity index (χ4v) is 2.89. The van der Waals surface area contributed by atoms with Crippen LogP contribution in [0.15, 0.2) is 52.8 Å². The van der Waals surface area contributed by atoms with Crippen LogP contribution in [-0.2, 0) is 14.8 Å². The Labute approximate surface area is 138 Å². The third-order valence-electron chi connectivity index (χ3n) is 3.05. The van der Waals surface area contributed by atoms with Gasteiger partial charge in [0, 0.05) is 6.21 Å². The van der Waals surface area contributed by atoms with Crippen LogP contribution in [0.1, 0.15) is 12.5 Å². The first-order valence-electron chi connectivity index (χ1n) is 6.81. The molecule has 1 aromatic carbocycles. The molecule has 0 bridgehead atoms. The SMILES string of the molecule is C=C(N=CC)C(=O)Nc1cnn(S(=O)(=O)c2ccc(C)c(F)c2)c1. The molecule has 0 atom stereocenters. The Bertz CT molecular complexity index is 932. The van der Waals surface area contributed by atoms with Crippen LogP contribution in [0.25, 0.3) is 0 Å². The molecule has 7 nitrogen and oxygen atoms in total. The Morgan fingerprint density at radius 2 is 2.17 bits per heavy atom. The minimum atomic E-state index is -4.06. The van der Waals surface area contributed by atoms with E-state index in [2.05, 4.69) is 22.0 Å². The average molecular weight is 350 g/mol. The summed E-state index contributed by atoms with van der Waals surface area (Å²) in [5, 5.41) is 6.12. The summed E-state index contributed by atoms with van der Waals surface area (Å²) in [6.07, 6.45) is 3.67. The number of halogens is 1. The van der Waals surface area contributed by atoms with Crippen molar-refractivity contribution in [3.05, 3.63) is 54.2 Å². The van der Waals surface area contributed by atoms with Crippen molar-refractivity contribution < 1.29 is 17.6 Å². The highest BCUT2D eigenvalue weighted by molar-refractivity contribution is 7.89. The summed E-state index contributed by atoms with van der Waals surface area (Å²) in [5.74, 6) is -1.23. The largest absolute Gasteiger partial charge is 0.318 e. The molecule has 0 aliphatic rings. The number of aryl methyl sites for hydroxylation is 1. The van der Waals surface area contributed by atoms with Gasteiger partial charge in [-0.05, 0) is 31.5 Å². The summed E-state index contributed by atoms with van der Waals surface area (Å²) in [7, 11) is -4.06. The Balaban J connectivity index is 2.27. The first kappa shape index (κ1) is 17.5. The molecule has 0 saturated carbocycles. The maximum atomic E-state index is 13.6. The maximum absolute atomic E-state index is 13.6. The number of amides is 1. The van der Waals surface area contributed by atoms with E-state index in [4.69, 9.17) is 0 Å². The molecule has 0 aliphatic carbocycles. The Morgan fingerprint density at radius 1 is 1.46 bits per heavy atom. The highest BCUT2D eigenvalue weighted by Gasteiger charge is 2.20. The molecule has 0 spiro atoms. The van der Waals surface area contributed by atoms with Gasteiger partial charge in [-0.3, -0.25) is 9.79 Å². The number of hydrogen-bond acceptors (Lipinski definition) is 5. The monoisotopic (exact) mass is 350 g/mol. The van der Waals surface area contributed by atoms with E-state index in [0.717, 1.165) is 18.5 Å². The van der Waals surface area contributed by atoms with E-state index in [0.29, 0.717) is 9.65 Å². The van der Waals surface area contributed by atoms with E-state index >= 15 is 0 Å². The van der Waals surface area contributed by atoms with Crippen molar-refractivity contribution in [1.82, 2.24) is 9.19 Å². The van der Waals surface area contributed by atoms with E-state index in [1.807, 2.05) is 0 Å². The number of aliphatic imine (C=N–C) groups is 1. The fourth-order valence-electron chi connectivity index (χ4n) is 1.76. The number of rotatable bonds is 5. The summed E-state index contributed by atoms with van der Waals surface area (Å²) in [6.45, 7) is 6.62. The van der Waals surface area contributed by atoms with Gasteiger partial charge in [-0.25, -0.2) is 4.39 Å². The van der Waals surface area contributed by atoms with Crippen LogP contribution in [0, 0.1) is 12.7 Å². The Morgan fingerprint density at radius 3 is 2.79 bits per heavy atom. The zero-order valence-corrected chi connectivity index (χ0v) is 13.8. The molecule has 126 valence electrons. The molecule has 2 rings (SSSR count). The molecular formula is C15H15FN4O3S. The lowest BCUT2D eigenvalue weighted by Crippen LogP contribution is -2.14. The van der Waals surface area contributed by atoms with Gasteiger partial charge in [-0.2, -0.15) is 17.6 Å². The Kier molecular flexibility index (Phi) is 4.93. The second kappa shape index (κ2) is 6.75. The van der Waals surface area contributed by atoms with Crippen LogP contribution in [0.2, 0.25) is 0 Å². The van der Waals surface area contributed by atoms with Crippen molar-refractivity contribution in [2.75, 3.05) is 5.32 Å². The maximum Gasteiger partial charge on any atom is 0.283 e.